The van der Waals surface area contributed by atoms with E-state index in [1.54, 1.807) is 19.1 Å². The molecule has 1 aliphatic heterocycles. The Balaban J connectivity index is 1.71. The quantitative estimate of drug-likeness (QED) is 0.586. The van der Waals surface area contributed by atoms with Gasteiger partial charge in [-0.2, -0.15) is 13.2 Å². The first kappa shape index (κ1) is 23.2. The van der Waals surface area contributed by atoms with E-state index in [0.717, 1.165) is 23.9 Å². The van der Waals surface area contributed by atoms with Crippen LogP contribution in [0.1, 0.15) is 18.1 Å². The molecule has 2 aromatic carbocycles. The van der Waals surface area contributed by atoms with Crippen LogP contribution in [-0.4, -0.2) is 30.3 Å². The zero-order valence-electron chi connectivity index (χ0n) is 16.6. The van der Waals surface area contributed by atoms with E-state index in [9.17, 15) is 27.6 Å². The highest BCUT2D eigenvalue weighted by Gasteiger charge is 2.33. The van der Waals surface area contributed by atoms with E-state index in [-0.39, 0.29) is 28.7 Å². The summed E-state index contributed by atoms with van der Waals surface area (Å²) in [5, 5.41) is 3.88. The number of hydrogen-bond acceptors (Lipinski definition) is 6. The number of nitrogens with one attached hydrogen (secondary N) is 2. The minimum absolute atomic E-state index is 0.188. The maximum Gasteiger partial charge on any atom is 0.418 e. The molecule has 2 aromatic rings. The molecule has 168 valence electrons. The van der Waals surface area contributed by atoms with E-state index >= 15 is 0 Å². The molecule has 0 unspecified atom stereocenters. The zero-order valence-corrected chi connectivity index (χ0v) is 17.4. The summed E-state index contributed by atoms with van der Waals surface area (Å²) in [6.07, 6.45) is -3.12. The van der Waals surface area contributed by atoms with Gasteiger partial charge in [0.1, 0.15) is 0 Å². The molecule has 0 radical (unpaired) electrons. The monoisotopic (exact) mass is 466 g/mol. The summed E-state index contributed by atoms with van der Waals surface area (Å²) >= 11 is 0.766. The molecule has 0 atom stereocenters. The summed E-state index contributed by atoms with van der Waals surface area (Å²) in [6.45, 7) is 1.45. The van der Waals surface area contributed by atoms with E-state index < -0.39 is 35.4 Å². The van der Waals surface area contributed by atoms with E-state index in [2.05, 4.69) is 10.6 Å². The molecule has 0 bridgehead atoms. The number of carbonyl (C=O) groups excluding carboxylic acids is 3. The van der Waals surface area contributed by atoms with Gasteiger partial charge in [-0.3, -0.25) is 19.7 Å². The number of benzene rings is 2. The van der Waals surface area contributed by atoms with Gasteiger partial charge in [0, 0.05) is 0 Å². The van der Waals surface area contributed by atoms with Crippen molar-refractivity contribution in [3.05, 3.63) is 58.5 Å². The van der Waals surface area contributed by atoms with E-state index in [0.29, 0.717) is 5.56 Å². The fourth-order valence-corrected chi connectivity index (χ4v) is 3.43. The van der Waals surface area contributed by atoms with Crippen molar-refractivity contribution in [3.8, 4) is 11.5 Å². The van der Waals surface area contributed by atoms with Crippen LogP contribution in [0.5, 0.6) is 11.5 Å². The number of para-hydroxylation sites is 1. The summed E-state index contributed by atoms with van der Waals surface area (Å²) in [6, 6.07) is 9.25. The van der Waals surface area contributed by atoms with Crippen molar-refractivity contribution < 1.29 is 37.0 Å². The molecule has 2 N–H and O–H groups in total. The average Bonchev–Trinajstić information content (AvgIpc) is 3.04. The van der Waals surface area contributed by atoms with Gasteiger partial charge in [-0.1, -0.05) is 18.2 Å². The Bertz CT molecular complexity index is 1090. The van der Waals surface area contributed by atoms with Gasteiger partial charge in [-0.25, -0.2) is 0 Å². The van der Waals surface area contributed by atoms with Crippen LogP contribution in [0.25, 0.3) is 6.08 Å². The number of amides is 3. The van der Waals surface area contributed by atoms with Crippen LogP contribution in [0.2, 0.25) is 0 Å². The number of ether oxygens (including phenoxy) is 2. The van der Waals surface area contributed by atoms with E-state index in [1.807, 2.05) is 0 Å². The Morgan fingerprint density at radius 1 is 1.12 bits per heavy atom. The summed E-state index contributed by atoms with van der Waals surface area (Å²) in [4.78, 5) is 35.3. The van der Waals surface area contributed by atoms with Crippen LogP contribution in [0, 0.1) is 0 Å². The van der Waals surface area contributed by atoms with Gasteiger partial charge in [-0.15, -0.1) is 0 Å². The largest absolute Gasteiger partial charge is 0.490 e. The van der Waals surface area contributed by atoms with Gasteiger partial charge in [-0.05, 0) is 54.6 Å². The lowest BCUT2D eigenvalue weighted by Crippen LogP contribution is -2.22. The van der Waals surface area contributed by atoms with Crippen molar-refractivity contribution in [2.45, 2.75) is 13.1 Å². The summed E-state index contributed by atoms with van der Waals surface area (Å²) in [7, 11) is 0. The Morgan fingerprint density at radius 2 is 1.88 bits per heavy atom. The van der Waals surface area contributed by atoms with Crippen LogP contribution in [0.15, 0.2) is 47.4 Å². The number of alkyl halides is 3. The van der Waals surface area contributed by atoms with Crippen LogP contribution in [0.4, 0.5) is 23.7 Å². The highest BCUT2D eigenvalue weighted by Crippen LogP contribution is 2.35. The Hall–Kier alpha value is -3.47. The normalized spacial score (nSPS) is 14.9. The van der Waals surface area contributed by atoms with Gasteiger partial charge in [0.25, 0.3) is 17.1 Å². The highest BCUT2D eigenvalue weighted by atomic mass is 32.2. The molecule has 0 aromatic heterocycles. The number of rotatable bonds is 7. The molecule has 1 heterocycles. The molecule has 0 aliphatic carbocycles. The maximum atomic E-state index is 13.1. The van der Waals surface area contributed by atoms with Crippen molar-refractivity contribution >= 4 is 40.6 Å². The summed E-state index contributed by atoms with van der Waals surface area (Å²) in [5.74, 6) is -0.838. The molecule has 32 heavy (non-hydrogen) atoms. The molecule has 0 spiro atoms. The minimum Gasteiger partial charge on any atom is -0.490 e. The van der Waals surface area contributed by atoms with Gasteiger partial charge >= 0.3 is 6.18 Å². The minimum atomic E-state index is -4.61. The Kier molecular flexibility index (Phi) is 7.08. The molecule has 11 heteroatoms. The fourth-order valence-electron chi connectivity index (χ4n) is 2.74. The predicted molar refractivity (Wildman–Crippen MR) is 112 cm³/mol. The highest BCUT2D eigenvalue weighted by molar-refractivity contribution is 8.18. The van der Waals surface area contributed by atoms with Crippen LogP contribution in [0.3, 0.4) is 0 Å². The standard InChI is InChI=1S/C21H17F3N2O5S/c1-2-30-16-9-12(10-17-19(28)26-20(29)32-17)7-8-15(16)31-11-18(27)25-14-6-4-3-5-13(14)21(22,23)24/h3-10H,2,11H2,1H3,(H,25,27)(H,26,28,29)/b17-10-. The summed E-state index contributed by atoms with van der Waals surface area (Å²) < 4.78 is 50.1. The second-order valence-corrected chi connectivity index (χ2v) is 7.39. The third kappa shape index (κ3) is 5.82. The second-order valence-electron chi connectivity index (χ2n) is 6.37. The molecule has 7 nitrogen and oxygen atoms in total. The van der Waals surface area contributed by atoms with Crippen molar-refractivity contribution in [2.75, 3.05) is 18.5 Å². The molecule has 1 aliphatic rings. The average molecular weight is 466 g/mol. The molecule has 1 fully saturated rings. The van der Waals surface area contributed by atoms with E-state index in [4.69, 9.17) is 9.47 Å². The van der Waals surface area contributed by atoms with Crippen molar-refractivity contribution in [1.29, 1.82) is 0 Å². The van der Waals surface area contributed by atoms with Gasteiger partial charge < -0.3 is 14.8 Å². The number of halogens is 3. The van der Waals surface area contributed by atoms with E-state index in [1.165, 1.54) is 24.3 Å². The lowest BCUT2D eigenvalue weighted by molar-refractivity contribution is -0.137. The first-order valence-corrected chi connectivity index (χ1v) is 10.1. The molecule has 3 rings (SSSR count). The smallest absolute Gasteiger partial charge is 0.418 e. The molecular formula is C21H17F3N2O5S. The number of hydrogen-bond donors (Lipinski definition) is 2. The second kappa shape index (κ2) is 9.77. The van der Waals surface area contributed by atoms with Gasteiger partial charge in [0.05, 0.1) is 22.8 Å². The zero-order chi connectivity index (χ0) is 23.3. The first-order valence-electron chi connectivity index (χ1n) is 9.28. The molecule has 3 amide bonds. The van der Waals surface area contributed by atoms with Crippen LogP contribution >= 0.6 is 11.8 Å². The first-order chi connectivity index (χ1) is 15.2. The third-order valence-electron chi connectivity index (χ3n) is 4.07. The SMILES string of the molecule is CCOc1cc(/C=C2\SC(=O)NC2=O)ccc1OCC(=O)Nc1ccccc1C(F)(F)F. The Morgan fingerprint density at radius 3 is 2.53 bits per heavy atom. The van der Waals surface area contributed by atoms with Crippen molar-refractivity contribution in [2.24, 2.45) is 0 Å². The van der Waals surface area contributed by atoms with Gasteiger partial charge in [0.15, 0.2) is 18.1 Å². The van der Waals surface area contributed by atoms with Crippen LogP contribution < -0.4 is 20.1 Å². The number of anilines is 1. The number of imide groups is 1. The van der Waals surface area contributed by atoms with Crippen molar-refractivity contribution in [3.63, 3.8) is 0 Å². The Labute approximate surface area is 185 Å². The topological polar surface area (TPSA) is 93.7 Å². The number of carbonyl (C=O) groups is 3. The third-order valence-corrected chi connectivity index (χ3v) is 4.88. The molecule has 1 saturated heterocycles. The van der Waals surface area contributed by atoms with Crippen molar-refractivity contribution in [1.82, 2.24) is 5.32 Å². The predicted octanol–water partition coefficient (Wildman–Crippen LogP) is 4.45. The molecular weight excluding hydrogens is 449 g/mol. The van der Waals surface area contributed by atoms with Gasteiger partial charge in [0.2, 0.25) is 0 Å². The lowest BCUT2D eigenvalue weighted by atomic mass is 10.1. The fraction of sp³-hybridized carbons (Fsp3) is 0.190. The van der Waals surface area contributed by atoms with Crippen LogP contribution in [-0.2, 0) is 15.8 Å². The maximum absolute atomic E-state index is 13.1. The molecule has 0 saturated carbocycles. The summed E-state index contributed by atoms with van der Waals surface area (Å²) in [5.41, 5.74) is -0.785. The lowest BCUT2D eigenvalue weighted by Gasteiger charge is -2.15. The number of thioether (sulfide) groups is 1.